The van der Waals surface area contributed by atoms with Gasteiger partial charge in [0.15, 0.2) is 5.16 Å². The number of piperazine rings is 1. The summed E-state index contributed by atoms with van der Waals surface area (Å²) < 4.78 is 50.1. The van der Waals surface area contributed by atoms with Crippen LogP contribution in [0, 0.1) is 0 Å². The van der Waals surface area contributed by atoms with Gasteiger partial charge in [-0.15, -0.1) is 0 Å². The maximum absolute atomic E-state index is 13.3. The van der Waals surface area contributed by atoms with Gasteiger partial charge in [0.05, 0.1) is 31.5 Å². The van der Waals surface area contributed by atoms with Crippen LogP contribution in [0.4, 0.5) is 23.7 Å². The first-order chi connectivity index (χ1) is 14.2. The summed E-state index contributed by atoms with van der Waals surface area (Å²) in [7, 11) is 2.82. The van der Waals surface area contributed by atoms with Crippen molar-refractivity contribution in [3.8, 4) is 11.8 Å². The molecule has 2 heterocycles. The first-order valence-electron chi connectivity index (χ1n) is 8.80. The number of carboxylic acid groups (broad SMARTS) is 1. The second kappa shape index (κ2) is 8.86. The third-order valence-electron chi connectivity index (χ3n) is 4.46. The molecule has 0 saturated carbocycles. The van der Waals surface area contributed by atoms with Crippen molar-refractivity contribution in [2.45, 2.75) is 16.2 Å². The van der Waals surface area contributed by atoms with Crippen LogP contribution >= 0.6 is 11.8 Å². The summed E-state index contributed by atoms with van der Waals surface area (Å²) in [6, 6.07) is 4.90. The van der Waals surface area contributed by atoms with E-state index >= 15 is 0 Å². The van der Waals surface area contributed by atoms with E-state index in [-0.39, 0.29) is 30.0 Å². The number of benzene rings is 1. The number of rotatable bonds is 5. The number of ether oxygens (including phenoxy) is 2. The van der Waals surface area contributed by atoms with Crippen LogP contribution in [0.15, 0.2) is 34.3 Å². The smallest absolute Gasteiger partial charge is 0.416 e. The summed E-state index contributed by atoms with van der Waals surface area (Å²) in [5.41, 5.74) is -0.254. The Bertz CT molecular complexity index is 899. The number of methoxy groups -OCH3 is 2. The minimum Gasteiger partial charge on any atom is -0.481 e. The average molecular weight is 444 g/mol. The number of hydrogen-bond donors (Lipinski definition) is 1. The molecule has 1 aromatic carbocycles. The third-order valence-corrected chi connectivity index (χ3v) is 5.37. The van der Waals surface area contributed by atoms with E-state index < -0.39 is 17.8 Å². The number of anilines is 1. The fraction of sp³-hybridized carbons (Fsp3) is 0.389. The first kappa shape index (κ1) is 21.8. The quantitative estimate of drug-likeness (QED) is 0.702. The van der Waals surface area contributed by atoms with E-state index in [4.69, 9.17) is 14.6 Å². The molecule has 0 unspecified atom stereocenters. The van der Waals surface area contributed by atoms with Gasteiger partial charge >= 0.3 is 12.3 Å². The lowest BCUT2D eigenvalue weighted by atomic mass is 10.1. The molecule has 30 heavy (non-hydrogen) atoms. The predicted molar refractivity (Wildman–Crippen MR) is 103 cm³/mol. The molecule has 1 fully saturated rings. The SMILES string of the molecule is COc1cc(OC)nc(Sc2cc(C(F)(F)F)ccc2N2CCN(C(=O)O)CC2)n1. The number of hydrogen-bond acceptors (Lipinski definition) is 7. The fourth-order valence-electron chi connectivity index (χ4n) is 2.91. The van der Waals surface area contributed by atoms with Gasteiger partial charge in [-0.3, -0.25) is 0 Å². The Morgan fingerprint density at radius 3 is 2.17 bits per heavy atom. The van der Waals surface area contributed by atoms with Crippen LogP contribution in [-0.2, 0) is 6.18 Å². The zero-order valence-electron chi connectivity index (χ0n) is 16.1. The summed E-state index contributed by atoms with van der Waals surface area (Å²) in [6.07, 6.45) is -5.53. The zero-order valence-corrected chi connectivity index (χ0v) is 17.0. The van der Waals surface area contributed by atoms with Gasteiger partial charge in [-0.2, -0.15) is 23.1 Å². The Hall–Kier alpha value is -2.89. The highest BCUT2D eigenvalue weighted by atomic mass is 32.2. The monoisotopic (exact) mass is 444 g/mol. The van der Waals surface area contributed by atoms with Gasteiger partial charge in [0, 0.05) is 31.1 Å². The van der Waals surface area contributed by atoms with Gasteiger partial charge in [0.2, 0.25) is 11.8 Å². The van der Waals surface area contributed by atoms with E-state index in [1.165, 1.54) is 31.3 Å². The molecule has 12 heteroatoms. The fourth-order valence-corrected chi connectivity index (χ4v) is 3.86. The summed E-state index contributed by atoms with van der Waals surface area (Å²) in [4.78, 5) is 22.9. The molecule has 1 amide bonds. The van der Waals surface area contributed by atoms with E-state index in [2.05, 4.69) is 9.97 Å². The second-order valence-corrected chi connectivity index (χ2v) is 7.28. The second-order valence-electron chi connectivity index (χ2n) is 6.27. The van der Waals surface area contributed by atoms with Crippen LogP contribution in [-0.4, -0.2) is 66.5 Å². The maximum Gasteiger partial charge on any atom is 0.416 e. The highest BCUT2D eigenvalue weighted by molar-refractivity contribution is 7.99. The molecule has 0 radical (unpaired) electrons. The lowest BCUT2D eigenvalue weighted by Crippen LogP contribution is -2.48. The third kappa shape index (κ3) is 4.99. The zero-order chi connectivity index (χ0) is 21.9. The Morgan fingerprint density at radius 1 is 1.07 bits per heavy atom. The molecule has 1 saturated heterocycles. The van der Waals surface area contributed by atoms with Crippen LogP contribution in [0.3, 0.4) is 0 Å². The Kier molecular flexibility index (Phi) is 6.44. The molecule has 1 aliphatic rings. The lowest BCUT2D eigenvalue weighted by Gasteiger charge is -2.35. The van der Waals surface area contributed by atoms with Crippen molar-refractivity contribution in [3.05, 3.63) is 29.8 Å². The number of carbonyl (C=O) groups is 1. The van der Waals surface area contributed by atoms with Crippen LogP contribution in [0.2, 0.25) is 0 Å². The van der Waals surface area contributed by atoms with Crippen molar-refractivity contribution in [2.24, 2.45) is 0 Å². The van der Waals surface area contributed by atoms with Crippen molar-refractivity contribution in [3.63, 3.8) is 0 Å². The Morgan fingerprint density at radius 2 is 1.67 bits per heavy atom. The van der Waals surface area contributed by atoms with Crippen molar-refractivity contribution < 1.29 is 32.5 Å². The Labute approximate surface area is 174 Å². The van der Waals surface area contributed by atoms with Gasteiger partial charge in [-0.1, -0.05) is 0 Å². The predicted octanol–water partition coefficient (Wildman–Crippen LogP) is 3.46. The molecular formula is C18H19F3N4O4S. The van der Waals surface area contributed by atoms with Crippen molar-refractivity contribution in [2.75, 3.05) is 45.3 Å². The summed E-state index contributed by atoms with van der Waals surface area (Å²) in [5, 5.41) is 9.27. The minimum absolute atomic E-state index is 0.163. The Balaban J connectivity index is 1.96. The molecule has 1 aliphatic heterocycles. The highest BCUT2D eigenvalue weighted by Gasteiger charge is 2.32. The molecule has 1 N–H and O–H groups in total. The number of halogens is 3. The number of aromatic nitrogens is 2. The number of amides is 1. The largest absolute Gasteiger partial charge is 0.481 e. The molecule has 0 bridgehead atoms. The average Bonchev–Trinajstić information content (AvgIpc) is 2.72. The molecule has 8 nitrogen and oxygen atoms in total. The van der Waals surface area contributed by atoms with Crippen LogP contribution in [0.1, 0.15) is 5.56 Å². The van der Waals surface area contributed by atoms with E-state index in [0.29, 0.717) is 23.7 Å². The van der Waals surface area contributed by atoms with E-state index in [1.807, 2.05) is 4.90 Å². The van der Waals surface area contributed by atoms with E-state index in [1.54, 1.807) is 0 Å². The lowest BCUT2D eigenvalue weighted by molar-refractivity contribution is -0.137. The molecule has 0 atom stereocenters. The molecule has 2 aromatic rings. The first-order valence-corrected chi connectivity index (χ1v) is 9.62. The molecular weight excluding hydrogens is 425 g/mol. The van der Waals surface area contributed by atoms with Gasteiger partial charge in [-0.05, 0) is 30.0 Å². The van der Waals surface area contributed by atoms with Crippen LogP contribution in [0.25, 0.3) is 0 Å². The summed E-state index contributed by atoms with van der Waals surface area (Å²) in [6.45, 7) is 1.22. The molecule has 3 rings (SSSR count). The standard InChI is InChI=1S/C18H19F3N4O4S/c1-28-14-10-15(29-2)23-16(22-14)30-13-9-11(18(19,20)21)3-4-12(13)24-5-7-25(8-6-24)17(26)27/h3-4,9-10H,5-8H2,1-2H3,(H,26,27). The topological polar surface area (TPSA) is 88.0 Å². The minimum atomic E-state index is -4.51. The normalized spacial score (nSPS) is 14.6. The highest BCUT2D eigenvalue weighted by Crippen LogP contribution is 2.40. The van der Waals surface area contributed by atoms with Crippen molar-refractivity contribution in [1.29, 1.82) is 0 Å². The molecule has 0 aliphatic carbocycles. The summed E-state index contributed by atoms with van der Waals surface area (Å²) >= 11 is 0.951. The molecule has 0 spiro atoms. The van der Waals surface area contributed by atoms with E-state index in [0.717, 1.165) is 23.9 Å². The molecule has 162 valence electrons. The molecule has 1 aromatic heterocycles. The van der Waals surface area contributed by atoms with Crippen molar-refractivity contribution >= 4 is 23.5 Å². The van der Waals surface area contributed by atoms with E-state index in [9.17, 15) is 18.0 Å². The number of nitrogens with zero attached hydrogens (tertiary/aromatic N) is 4. The van der Waals surface area contributed by atoms with Crippen LogP contribution < -0.4 is 14.4 Å². The maximum atomic E-state index is 13.3. The van der Waals surface area contributed by atoms with Gasteiger partial charge in [-0.25, -0.2) is 4.79 Å². The van der Waals surface area contributed by atoms with Gasteiger partial charge < -0.3 is 24.4 Å². The van der Waals surface area contributed by atoms with Crippen LogP contribution in [0.5, 0.6) is 11.8 Å². The van der Waals surface area contributed by atoms with Gasteiger partial charge in [0.25, 0.3) is 0 Å². The number of alkyl halides is 3. The van der Waals surface area contributed by atoms with Crippen molar-refractivity contribution in [1.82, 2.24) is 14.9 Å². The van der Waals surface area contributed by atoms with Gasteiger partial charge in [0.1, 0.15) is 0 Å². The summed E-state index contributed by atoms with van der Waals surface area (Å²) in [5.74, 6) is 0.431.